The number of rotatable bonds is 9. The molecule has 0 aliphatic heterocycles. The SMILES string of the molecule is CCCC(C)(CNCCOC)Cc1c(Cl)cccc1Cl. The van der Waals surface area contributed by atoms with E-state index >= 15 is 0 Å². The summed E-state index contributed by atoms with van der Waals surface area (Å²) in [6.07, 6.45) is 3.17. The normalized spacial score (nSPS) is 14.2. The van der Waals surface area contributed by atoms with Crippen molar-refractivity contribution in [1.82, 2.24) is 5.32 Å². The molecule has 1 unspecified atom stereocenters. The smallest absolute Gasteiger partial charge is 0.0587 e. The molecule has 1 aromatic carbocycles. The largest absolute Gasteiger partial charge is 0.383 e. The highest BCUT2D eigenvalue weighted by Crippen LogP contribution is 2.34. The number of benzene rings is 1. The lowest BCUT2D eigenvalue weighted by Crippen LogP contribution is -2.35. The molecule has 0 aliphatic rings. The van der Waals surface area contributed by atoms with Crippen molar-refractivity contribution < 1.29 is 4.74 Å². The van der Waals surface area contributed by atoms with Gasteiger partial charge in [-0.25, -0.2) is 0 Å². The van der Waals surface area contributed by atoms with Crippen molar-refractivity contribution in [3.63, 3.8) is 0 Å². The first-order chi connectivity index (χ1) is 9.52. The molecule has 1 rings (SSSR count). The molecule has 1 atom stereocenters. The van der Waals surface area contributed by atoms with Crippen LogP contribution in [0.2, 0.25) is 10.0 Å². The van der Waals surface area contributed by atoms with Gasteiger partial charge in [0.25, 0.3) is 0 Å². The van der Waals surface area contributed by atoms with Crippen LogP contribution in [0.25, 0.3) is 0 Å². The molecule has 0 radical (unpaired) electrons. The van der Waals surface area contributed by atoms with E-state index in [1.54, 1.807) is 7.11 Å². The minimum absolute atomic E-state index is 0.150. The molecule has 0 saturated carbocycles. The predicted octanol–water partition coefficient (Wildman–Crippen LogP) is 4.58. The Labute approximate surface area is 132 Å². The Kier molecular flexibility index (Phi) is 7.90. The van der Waals surface area contributed by atoms with Gasteiger partial charge in [0, 0.05) is 30.2 Å². The third kappa shape index (κ3) is 5.61. The fraction of sp³-hybridized carbons (Fsp3) is 0.625. The predicted molar refractivity (Wildman–Crippen MR) is 87.9 cm³/mol. The van der Waals surface area contributed by atoms with Crippen LogP contribution < -0.4 is 5.32 Å². The average Bonchev–Trinajstić information content (AvgIpc) is 2.40. The number of hydrogen-bond donors (Lipinski definition) is 1. The summed E-state index contributed by atoms with van der Waals surface area (Å²) < 4.78 is 5.07. The molecule has 20 heavy (non-hydrogen) atoms. The molecule has 1 aromatic rings. The molecule has 0 amide bonds. The highest BCUT2D eigenvalue weighted by molar-refractivity contribution is 6.36. The first-order valence-corrected chi connectivity index (χ1v) is 7.90. The van der Waals surface area contributed by atoms with Crippen LogP contribution >= 0.6 is 23.2 Å². The molecule has 0 bridgehead atoms. The Balaban J connectivity index is 2.74. The molecule has 0 aliphatic carbocycles. The van der Waals surface area contributed by atoms with Crippen molar-refractivity contribution in [2.45, 2.75) is 33.1 Å². The Hall–Kier alpha value is -0.280. The van der Waals surface area contributed by atoms with Gasteiger partial charge >= 0.3 is 0 Å². The lowest BCUT2D eigenvalue weighted by Gasteiger charge is -2.30. The van der Waals surface area contributed by atoms with Crippen LogP contribution in [0.3, 0.4) is 0 Å². The third-order valence-corrected chi connectivity index (χ3v) is 4.26. The fourth-order valence-electron chi connectivity index (χ4n) is 2.54. The quantitative estimate of drug-likeness (QED) is 0.673. The molecule has 114 valence electrons. The number of ether oxygens (including phenoxy) is 1. The minimum atomic E-state index is 0.150. The van der Waals surface area contributed by atoms with Crippen molar-refractivity contribution >= 4 is 23.2 Å². The molecule has 4 heteroatoms. The molecular weight excluding hydrogens is 293 g/mol. The fourth-order valence-corrected chi connectivity index (χ4v) is 3.07. The molecule has 2 nitrogen and oxygen atoms in total. The molecule has 0 heterocycles. The zero-order valence-corrected chi connectivity index (χ0v) is 14.2. The summed E-state index contributed by atoms with van der Waals surface area (Å²) in [4.78, 5) is 0. The Bertz CT molecular complexity index is 391. The number of hydrogen-bond acceptors (Lipinski definition) is 2. The summed E-state index contributed by atoms with van der Waals surface area (Å²) in [7, 11) is 1.72. The second kappa shape index (κ2) is 8.89. The number of methoxy groups -OCH3 is 1. The highest BCUT2D eigenvalue weighted by atomic mass is 35.5. The van der Waals surface area contributed by atoms with Gasteiger partial charge in [-0.15, -0.1) is 0 Å². The molecule has 1 N–H and O–H groups in total. The van der Waals surface area contributed by atoms with Crippen LogP contribution in [-0.4, -0.2) is 26.8 Å². The summed E-state index contributed by atoms with van der Waals surface area (Å²) in [6, 6.07) is 5.71. The molecule has 0 aromatic heterocycles. The summed E-state index contributed by atoms with van der Waals surface area (Å²) in [5.74, 6) is 0. The standard InChI is InChI=1S/C16H25Cl2NO/c1-4-8-16(2,12-19-9-10-20-3)11-13-14(17)6-5-7-15(13)18/h5-7,19H,4,8-12H2,1-3H3. The maximum Gasteiger partial charge on any atom is 0.0587 e. The van der Waals surface area contributed by atoms with Gasteiger partial charge in [-0.2, -0.15) is 0 Å². The third-order valence-electron chi connectivity index (χ3n) is 3.55. The second-order valence-electron chi connectivity index (χ2n) is 5.61. The lowest BCUT2D eigenvalue weighted by molar-refractivity contribution is 0.190. The molecular formula is C16H25Cl2NO. The lowest BCUT2D eigenvalue weighted by atomic mass is 9.79. The van der Waals surface area contributed by atoms with Gasteiger partial charge in [0.1, 0.15) is 0 Å². The zero-order chi connectivity index (χ0) is 15.0. The topological polar surface area (TPSA) is 21.3 Å². The maximum atomic E-state index is 6.29. The highest BCUT2D eigenvalue weighted by Gasteiger charge is 2.25. The summed E-state index contributed by atoms with van der Waals surface area (Å²) in [5.41, 5.74) is 1.21. The molecule has 0 fully saturated rings. The van der Waals surface area contributed by atoms with E-state index in [1.807, 2.05) is 18.2 Å². The van der Waals surface area contributed by atoms with E-state index in [0.29, 0.717) is 0 Å². The van der Waals surface area contributed by atoms with E-state index in [0.717, 1.165) is 54.6 Å². The van der Waals surface area contributed by atoms with Gasteiger partial charge in [0.05, 0.1) is 6.61 Å². The zero-order valence-electron chi connectivity index (χ0n) is 12.6. The second-order valence-corrected chi connectivity index (χ2v) is 6.42. The van der Waals surface area contributed by atoms with Crippen molar-refractivity contribution in [2.24, 2.45) is 5.41 Å². The summed E-state index contributed by atoms with van der Waals surface area (Å²) in [5, 5.41) is 4.98. The van der Waals surface area contributed by atoms with Gasteiger partial charge in [0.2, 0.25) is 0 Å². The number of halogens is 2. The first-order valence-electron chi connectivity index (χ1n) is 7.15. The van der Waals surface area contributed by atoms with Crippen LogP contribution in [0.15, 0.2) is 18.2 Å². The minimum Gasteiger partial charge on any atom is -0.383 e. The first kappa shape index (κ1) is 17.8. The molecule has 0 saturated heterocycles. The van der Waals surface area contributed by atoms with Crippen LogP contribution in [0.4, 0.5) is 0 Å². The van der Waals surface area contributed by atoms with Gasteiger partial charge in [-0.1, -0.05) is 49.5 Å². The van der Waals surface area contributed by atoms with Gasteiger partial charge in [-0.3, -0.25) is 0 Å². The van der Waals surface area contributed by atoms with Crippen molar-refractivity contribution in [3.8, 4) is 0 Å². The monoisotopic (exact) mass is 317 g/mol. The van der Waals surface area contributed by atoms with Crippen LogP contribution in [-0.2, 0) is 11.2 Å². The van der Waals surface area contributed by atoms with Crippen molar-refractivity contribution in [3.05, 3.63) is 33.8 Å². The van der Waals surface area contributed by atoms with E-state index < -0.39 is 0 Å². The number of nitrogens with one attached hydrogen (secondary N) is 1. The van der Waals surface area contributed by atoms with Crippen LogP contribution in [0.5, 0.6) is 0 Å². The maximum absolute atomic E-state index is 6.29. The Morgan fingerprint density at radius 3 is 2.45 bits per heavy atom. The Morgan fingerprint density at radius 2 is 1.90 bits per heavy atom. The average molecular weight is 318 g/mol. The van der Waals surface area contributed by atoms with Gasteiger partial charge < -0.3 is 10.1 Å². The summed E-state index contributed by atoms with van der Waals surface area (Å²) >= 11 is 12.6. The van der Waals surface area contributed by atoms with Gasteiger partial charge in [-0.05, 0) is 36.0 Å². The van der Waals surface area contributed by atoms with Crippen molar-refractivity contribution in [1.29, 1.82) is 0 Å². The van der Waals surface area contributed by atoms with Crippen molar-refractivity contribution in [2.75, 3.05) is 26.8 Å². The van der Waals surface area contributed by atoms with E-state index in [4.69, 9.17) is 27.9 Å². The molecule has 0 spiro atoms. The van der Waals surface area contributed by atoms with Gasteiger partial charge in [0.15, 0.2) is 0 Å². The summed E-state index contributed by atoms with van der Waals surface area (Å²) in [6.45, 7) is 7.03. The van der Waals surface area contributed by atoms with E-state index in [2.05, 4.69) is 19.2 Å². The van der Waals surface area contributed by atoms with E-state index in [9.17, 15) is 0 Å². The van der Waals surface area contributed by atoms with Crippen LogP contribution in [0.1, 0.15) is 32.3 Å². The van der Waals surface area contributed by atoms with Crippen LogP contribution in [0, 0.1) is 5.41 Å². The van der Waals surface area contributed by atoms with E-state index in [1.165, 1.54) is 0 Å². The van der Waals surface area contributed by atoms with E-state index in [-0.39, 0.29) is 5.41 Å². The Morgan fingerprint density at radius 1 is 1.25 bits per heavy atom.